The number of piperidine rings is 1. The van der Waals surface area contributed by atoms with Gasteiger partial charge in [0.15, 0.2) is 0 Å². The van der Waals surface area contributed by atoms with Crippen LogP contribution in [0.25, 0.3) is 0 Å². The first-order valence-electron chi connectivity index (χ1n) is 10.7. The predicted octanol–water partition coefficient (Wildman–Crippen LogP) is 3.60. The van der Waals surface area contributed by atoms with E-state index in [1.807, 2.05) is 44.2 Å². The monoisotopic (exact) mass is 471 g/mol. The Morgan fingerprint density at radius 1 is 1.12 bits per heavy atom. The van der Waals surface area contributed by atoms with Gasteiger partial charge in [-0.05, 0) is 56.5 Å². The van der Waals surface area contributed by atoms with Crippen molar-refractivity contribution in [2.45, 2.75) is 56.3 Å². The van der Waals surface area contributed by atoms with Gasteiger partial charge in [-0.3, -0.25) is 9.69 Å². The van der Waals surface area contributed by atoms with Gasteiger partial charge in [-0.15, -0.1) is 0 Å². The second-order valence-corrected chi connectivity index (χ2v) is 10.1. The maximum Gasteiger partial charge on any atom is 0.412 e. The molecule has 176 valence electrons. The topological polar surface area (TPSA) is 107 Å². The summed E-state index contributed by atoms with van der Waals surface area (Å²) in [6.45, 7) is 7.17. The lowest BCUT2D eigenvalue weighted by Crippen LogP contribution is -2.54. The summed E-state index contributed by atoms with van der Waals surface area (Å²) < 4.78 is 28.6. The summed E-state index contributed by atoms with van der Waals surface area (Å²) in [5.74, 6) is -0.282. The van der Waals surface area contributed by atoms with E-state index in [1.165, 1.54) is 22.5 Å². The van der Waals surface area contributed by atoms with Crippen molar-refractivity contribution >= 4 is 27.7 Å². The SMILES string of the molecule is C=CC(=O)NC1CC(C)N(S(=O)(=O)c2cccc(N(Cc3ccccc3)C(=O)O)c2)C(C)C1. The summed E-state index contributed by atoms with van der Waals surface area (Å²) in [6, 6.07) is 14.3. The van der Waals surface area contributed by atoms with E-state index < -0.39 is 16.1 Å². The van der Waals surface area contributed by atoms with Crippen LogP contribution in [-0.4, -0.2) is 48.0 Å². The fourth-order valence-electron chi connectivity index (χ4n) is 4.38. The highest BCUT2D eigenvalue weighted by molar-refractivity contribution is 7.89. The molecule has 1 heterocycles. The number of carbonyl (C=O) groups is 2. The zero-order chi connectivity index (χ0) is 24.2. The molecule has 0 saturated carbocycles. The quantitative estimate of drug-likeness (QED) is 0.600. The largest absolute Gasteiger partial charge is 0.465 e. The number of hydrogen-bond acceptors (Lipinski definition) is 4. The number of hydrogen-bond donors (Lipinski definition) is 2. The fraction of sp³-hybridized carbons (Fsp3) is 0.333. The number of nitrogens with one attached hydrogen (secondary N) is 1. The van der Waals surface area contributed by atoms with E-state index in [0.717, 1.165) is 10.5 Å². The van der Waals surface area contributed by atoms with E-state index in [2.05, 4.69) is 11.9 Å². The van der Waals surface area contributed by atoms with Crippen molar-refractivity contribution in [3.8, 4) is 0 Å². The zero-order valence-corrected chi connectivity index (χ0v) is 19.5. The Labute approximate surface area is 194 Å². The maximum absolute atomic E-state index is 13.6. The molecule has 2 aromatic carbocycles. The summed E-state index contributed by atoms with van der Waals surface area (Å²) in [6.07, 6.45) is 0.970. The van der Waals surface area contributed by atoms with Crippen LogP contribution in [0.5, 0.6) is 0 Å². The summed E-state index contributed by atoms with van der Waals surface area (Å²) in [4.78, 5) is 24.8. The van der Waals surface area contributed by atoms with Crippen molar-refractivity contribution in [2.75, 3.05) is 4.90 Å². The molecule has 2 aromatic rings. The highest BCUT2D eigenvalue weighted by atomic mass is 32.2. The molecule has 2 amide bonds. The van der Waals surface area contributed by atoms with E-state index in [9.17, 15) is 23.1 Å². The molecule has 0 aromatic heterocycles. The third-order valence-corrected chi connectivity index (χ3v) is 7.90. The average Bonchev–Trinajstić information content (AvgIpc) is 2.77. The molecule has 0 spiro atoms. The normalized spacial score (nSPS) is 21.2. The molecule has 2 N–H and O–H groups in total. The van der Waals surface area contributed by atoms with Crippen LogP contribution in [0.15, 0.2) is 72.1 Å². The molecule has 9 heteroatoms. The Balaban J connectivity index is 1.87. The van der Waals surface area contributed by atoms with Crippen LogP contribution >= 0.6 is 0 Å². The van der Waals surface area contributed by atoms with Crippen molar-refractivity contribution < 1.29 is 23.1 Å². The molecule has 0 radical (unpaired) electrons. The second kappa shape index (κ2) is 10.2. The summed E-state index contributed by atoms with van der Waals surface area (Å²) in [5.41, 5.74) is 1.07. The minimum absolute atomic E-state index is 0.0339. The molecule has 1 aliphatic rings. The predicted molar refractivity (Wildman–Crippen MR) is 126 cm³/mol. The van der Waals surface area contributed by atoms with Gasteiger partial charge in [0, 0.05) is 23.8 Å². The number of amides is 2. The van der Waals surface area contributed by atoms with Gasteiger partial charge in [0.1, 0.15) is 0 Å². The van der Waals surface area contributed by atoms with Crippen LogP contribution in [0.3, 0.4) is 0 Å². The molecular weight excluding hydrogens is 442 g/mol. The van der Waals surface area contributed by atoms with Crippen LogP contribution < -0.4 is 10.2 Å². The molecule has 1 aliphatic heterocycles. The lowest BCUT2D eigenvalue weighted by Gasteiger charge is -2.41. The second-order valence-electron chi connectivity index (χ2n) is 8.27. The Bertz CT molecular complexity index is 1110. The molecule has 2 unspecified atom stereocenters. The van der Waals surface area contributed by atoms with Gasteiger partial charge in [-0.1, -0.05) is 43.0 Å². The Hall–Kier alpha value is -3.17. The first-order chi connectivity index (χ1) is 15.6. The summed E-state index contributed by atoms with van der Waals surface area (Å²) in [5, 5.41) is 12.6. The van der Waals surface area contributed by atoms with E-state index >= 15 is 0 Å². The van der Waals surface area contributed by atoms with Gasteiger partial charge in [0.25, 0.3) is 0 Å². The van der Waals surface area contributed by atoms with Crippen molar-refractivity contribution in [1.29, 1.82) is 0 Å². The lowest BCUT2D eigenvalue weighted by molar-refractivity contribution is -0.117. The number of benzene rings is 2. The smallest absolute Gasteiger partial charge is 0.412 e. The standard InChI is InChI=1S/C24H29N3O5S/c1-4-23(28)25-20-13-17(2)27(18(3)14-20)33(31,32)22-12-8-11-21(15-22)26(24(29)30)16-19-9-6-5-7-10-19/h4-12,15,17-18,20H,1,13-14,16H2,2-3H3,(H,25,28)(H,29,30). The van der Waals surface area contributed by atoms with Gasteiger partial charge >= 0.3 is 6.09 Å². The van der Waals surface area contributed by atoms with Gasteiger partial charge in [0.2, 0.25) is 15.9 Å². The van der Waals surface area contributed by atoms with Gasteiger partial charge in [-0.25, -0.2) is 13.2 Å². The molecule has 33 heavy (non-hydrogen) atoms. The van der Waals surface area contributed by atoms with Crippen LogP contribution in [-0.2, 0) is 21.4 Å². The van der Waals surface area contributed by atoms with Crippen LogP contribution in [0.4, 0.5) is 10.5 Å². The van der Waals surface area contributed by atoms with Gasteiger partial charge < -0.3 is 10.4 Å². The number of nitrogens with zero attached hydrogens (tertiary/aromatic N) is 2. The molecule has 8 nitrogen and oxygen atoms in total. The number of sulfonamides is 1. The van der Waals surface area contributed by atoms with E-state index in [4.69, 9.17) is 0 Å². The Morgan fingerprint density at radius 3 is 2.33 bits per heavy atom. The van der Waals surface area contributed by atoms with Crippen molar-refractivity contribution in [1.82, 2.24) is 9.62 Å². The number of rotatable bonds is 7. The number of carbonyl (C=O) groups excluding carboxylic acids is 1. The third kappa shape index (κ3) is 5.61. The Morgan fingerprint density at radius 2 is 1.76 bits per heavy atom. The zero-order valence-electron chi connectivity index (χ0n) is 18.7. The van der Waals surface area contributed by atoms with E-state index in [-0.39, 0.29) is 41.2 Å². The van der Waals surface area contributed by atoms with E-state index in [0.29, 0.717) is 12.8 Å². The first kappa shape index (κ1) is 24.5. The van der Waals surface area contributed by atoms with Crippen LogP contribution in [0.1, 0.15) is 32.3 Å². The highest BCUT2D eigenvalue weighted by Crippen LogP contribution is 2.31. The number of anilines is 1. The molecule has 0 aliphatic carbocycles. The van der Waals surface area contributed by atoms with Crippen LogP contribution in [0.2, 0.25) is 0 Å². The third-order valence-electron chi connectivity index (χ3n) is 5.77. The van der Waals surface area contributed by atoms with E-state index in [1.54, 1.807) is 12.1 Å². The molecule has 1 fully saturated rings. The molecule has 2 atom stereocenters. The molecular formula is C24H29N3O5S. The fourth-order valence-corrected chi connectivity index (χ4v) is 6.27. The highest BCUT2D eigenvalue weighted by Gasteiger charge is 2.39. The van der Waals surface area contributed by atoms with Crippen molar-refractivity contribution in [3.63, 3.8) is 0 Å². The first-order valence-corrected chi connectivity index (χ1v) is 12.2. The molecule has 1 saturated heterocycles. The average molecular weight is 472 g/mol. The Kier molecular flexibility index (Phi) is 7.55. The minimum atomic E-state index is -3.89. The van der Waals surface area contributed by atoms with Crippen molar-refractivity contribution in [3.05, 3.63) is 72.8 Å². The van der Waals surface area contributed by atoms with Crippen molar-refractivity contribution in [2.24, 2.45) is 0 Å². The molecule has 3 rings (SSSR count). The maximum atomic E-state index is 13.6. The lowest BCUT2D eigenvalue weighted by atomic mass is 9.95. The minimum Gasteiger partial charge on any atom is -0.465 e. The molecule has 0 bridgehead atoms. The summed E-state index contributed by atoms with van der Waals surface area (Å²) in [7, 11) is -3.89. The van der Waals surface area contributed by atoms with Crippen LogP contribution in [0, 0.1) is 0 Å². The van der Waals surface area contributed by atoms with Gasteiger partial charge in [0.05, 0.1) is 11.4 Å². The van der Waals surface area contributed by atoms with Gasteiger partial charge in [-0.2, -0.15) is 4.31 Å². The number of carboxylic acid groups (broad SMARTS) is 1. The summed E-state index contributed by atoms with van der Waals surface area (Å²) >= 11 is 0.